The summed E-state index contributed by atoms with van der Waals surface area (Å²) in [6.07, 6.45) is 6.95. The molecule has 2 atom stereocenters. The molecule has 0 amide bonds. The van der Waals surface area contributed by atoms with Crippen molar-refractivity contribution in [1.29, 1.82) is 0 Å². The van der Waals surface area contributed by atoms with Gasteiger partial charge < -0.3 is 23.8 Å². The van der Waals surface area contributed by atoms with E-state index in [2.05, 4.69) is 32.6 Å². The number of ketones is 1. The van der Waals surface area contributed by atoms with E-state index in [1.165, 1.54) is 0 Å². The van der Waals surface area contributed by atoms with Crippen LogP contribution in [0.4, 0.5) is 0 Å². The monoisotopic (exact) mass is 551 g/mol. The van der Waals surface area contributed by atoms with Gasteiger partial charge in [-0.2, -0.15) is 0 Å². The van der Waals surface area contributed by atoms with E-state index in [-0.39, 0.29) is 5.92 Å². The molecule has 0 aliphatic carbocycles. The molecule has 7 heteroatoms. The van der Waals surface area contributed by atoms with Crippen molar-refractivity contribution in [2.24, 2.45) is 17.8 Å². The van der Waals surface area contributed by atoms with Crippen molar-refractivity contribution in [3.8, 4) is 23.0 Å². The zero-order chi connectivity index (χ0) is 29.1. The van der Waals surface area contributed by atoms with Gasteiger partial charge >= 0.3 is 0 Å². The maximum Gasteiger partial charge on any atom is 0.182 e. The van der Waals surface area contributed by atoms with Crippen molar-refractivity contribution in [3.05, 3.63) is 53.2 Å². The van der Waals surface area contributed by atoms with Crippen LogP contribution in [0.2, 0.25) is 0 Å². The lowest BCUT2D eigenvalue weighted by atomic mass is 9.84. The Kier molecular flexibility index (Phi) is 11.9. The van der Waals surface area contributed by atoms with Crippen molar-refractivity contribution < 1.29 is 28.5 Å². The van der Waals surface area contributed by atoms with Crippen LogP contribution in [-0.4, -0.2) is 57.5 Å². The van der Waals surface area contributed by atoms with Crippen molar-refractivity contribution in [2.75, 3.05) is 40.5 Å². The van der Waals surface area contributed by atoms with Gasteiger partial charge in [0, 0.05) is 24.6 Å². The molecule has 0 saturated carbocycles. The molecule has 2 aromatic carbocycles. The fourth-order valence-corrected chi connectivity index (χ4v) is 4.54. The van der Waals surface area contributed by atoms with Gasteiger partial charge in [0.05, 0.1) is 33.1 Å². The molecule has 3 fully saturated rings. The van der Waals surface area contributed by atoms with Gasteiger partial charge in [-0.3, -0.25) is 9.59 Å². The molecule has 3 saturated heterocycles. The first kappa shape index (κ1) is 31.1. The van der Waals surface area contributed by atoms with Crippen LogP contribution in [-0.2, 0) is 4.79 Å². The summed E-state index contributed by atoms with van der Waals surface area (Å²) in [6.45, 7) is 11.9. The van der Waals surface area contributed by atoms with E-state index in [0.29, 0.717) is 47.9 Å². The van der Waals surface area contributed by atoms with Crippen LogP contribution in [0.15, 0.2) is 42.1 Å². The predicted octanol–water partition coefficient (Wildman–Crippen LogP) is 6.69. The average Bonchev–Trinajstić information content (AvgIpc) is 3.00. The van der Waals surface area contributed by atoms with Gasteiger partial charge in [0.15, 0.2) is 28.8 Å². The summed E-state index contributed by atoms with van der Waals surface area (Å²) in [5.41, 5.74) is 2.45. The Morgan fingerprint density at radius 1 is 0.825 bits per heavy atom. The van der Waals surface area contributed by atoms with E-state index in [1.807, 2.05) is 24.3 Å². The molecule has 0 aromatic heterocycles. The minimum absolute atomic E-state index is 0.223. The van der Waals surface area contributed by atoms with Crippen LogP contribution in [0.25, 0.3) is 6.08 Å². The molecule has 40 heavy (non-hydrogen) atoms. The lowest BCUT2D eigenvalue weighted by molar-refractivity contribution is -0.125. The lowest BCUT2D eigenvalue weighted by Gasteiger charge is -2.41. The highest BCUT2D eigenvalue weighted by Crippen LogP contribution is 2.34. The second-order valence-corrected chi connectivity index (χ2v) is 10.7. The van der Waals surface area contributed by atoms with Crippen LogP contribution >= 0.6 is 0 Å². The van der Waals surface area contributed by atoms with Crippen LogP contribution in [0.1, 0.15) is 69.3 Å². The third-order valence-corrected chi connectivity index (χ3v) is 7.71. The normalized spacial score (nSPS) is 17.1. The average molecular weight is 552 g/mol. The molecule has 7 nitrogen and oxygen atoms in total. The Hall–Kier alpha value is -3.48. The first-order valence-electron chi connectivity index (χ1n) is 14.4. The van der Waals surface area contributed by atoms with Gasteiger partial charge in [-0.25, -0.2) is 0 Å². The van der Waals surface area contributed by atoms with Gasteiger partial charge in [-0.1, -0.05) is 46.6 Å². The van der Waals surface area contributed by atoms with Crippen LogP contribution in [0.3, 0.4) is 0 Å². The highest BCUT2D eigenvalue weighted by atomic mass is 16.5. The Bertz CT molecular complexity index is 1150. The quantitative estimate of drug-likeness (QED) is 0.215. The number of fused-ring (bicyclic) bond motifs is 3. The molecular formula is C33H45NO6. The SMILES string of the molecule is CCC(C)COc1cc(/C=C2/C(=O)C3CCN2CC3)ccc1OC.CCC(C)COc1cc(C=O)ccc1OC. The van der Waals surface area contributed by atoms with Gasteiger partial charge in [-0.15, -0.1) is 0 Å². The third kappa shape index (κ3) is 8.26. The highest BCUT2D eigenvalue weighted by Gasteiger charge is 2.36. The largest absolute Gasteiger partial charge is 0.493 e. The van der Waals surface area contributed by atoms with E-state index in [9.17, 15) is 9.59 Å². The van der Waals surface area contributed by atoms with E-state index in [0.717, 1.165) is 67.8 Å². The van der Waals surface area contributed by atoms with E-state index < -0.39 is 0 Å². The zero-order valence-electron chi connectivity index (χ0n) is 24.9. The summed E-state index contributed by atoms with van der Waals surface area (Å²) >= 11 is 0. The number of methoxy groups -OCH3 is 2. The van der Waals surface area contributed by atoms with Crippen LogP contribution < -0.4 is 18.9 Å². The first-order valence-corrected chi connectivity index (χ1v) is 14.4. The number of aldehydes is 1. The number of nitrogens with zero attached hydrogens (tertiary/aromatic N) is 1. The number of piperidine rings is 3. The number of carbonyl (C=O) groups excluding carboxylic acids is 2. The molecule has 5 rings (SSSR count). The molecule has 0 radical (unpaired) electrons. The maximum absolute atomic E-state index is 12.5. The molecule has 0 spiro atoms. The van der Waals surface area contributed by atoms with Crippen molar-refractivity contribution in [3.63, 3.8) is 0 Å². The smallest absolute Gasteiger partial charge is 0.182 e. The molecular weight excluding hydrogens is 506 g/mol. The molecule has 3 aliphatic heterocycles. The maximum atomic E-state index is 12.5. The topological polar surface area (TPSA) is 74.3 Å². The number of benzene rings is 2. The minimum Gasteiger partial charge on any atom is -0.493 e. The molecule has 2 aromatic rings. The molecule has 2 unspecified atom stereocenters. The third-order valence-electron chi connectivity index (χ3n) is 7.71. The van der Waals surface area contributed by atoms with Crippen molar-refractivity contribution in [1.82, 2.24) is 4.90 Å². The fraction of sp³-hybridized carbons (Fsp3) is 0.515. The Morgan fingerprint density at radius 2 is 1.32 bits per heavy atom. The molecule has 3 aliphatic rings. The predicted molar refractivity (Wildman–Crippen MR) is 159 cm³/mol. The second kappa shape index (κ2) is 15.3. The molecule has 3 heterocycles. The first-order chi connectivity index (χ1) is 19.3. The number of hydrogen-bond acceptors (Lipinski definition) is 7. The van der Waals surface area contributed by atoms with Crippen LogP contribution in [0.5, 0.6) is 23.0 Å². The molecule has 0 N–H and O–H groups in total. The number of Topliss-reactive ketones (excluding diaryl/α,β-unsaturated/α-hetero) is 1. The minimum atomic E-state index is 0.223. The molecule has 2 bridgehead atoms. The van der Waals surface area contributed by atoms with Crippen molar-refractivity contribution >= 4 is 18.1 Å². The standard InChI is InChI=1S/C20H27NO3.C13H18O3/c1-4-14(2)13-24-19-12-15(5-6-18(19)23-3)11-17-20(22)16-7-9-21(17)10-8-16;1-4-10(2)9-16-13-7-11(8-14)5-6-12(13)15-3/h5-6,11-12,14,16H,4,7-10,13H2,1-3H3;5-8,10H,4,9H2,1-3H3/b17-11-;. The highest BCUT2D eigenvalue weighted by molar-refractivity contribution is 6.02. The fourth-order valence-electron chi connectivity index (χ4n) is 4.54. The number of carbonyl (C=O) groups is 2. The summed E-state index contributed by atoms with van der Waals surface area (Å²) in [5.74, 6) is 4.28. The summed E-state index contributed by atoms with van der Waals surface area (Å²) in [6, 6.07) is 11.0. The van der Waals surface area contributed by atoms with Crippen LogP contribution in [0, 0.1) is 17.8 Å². The van der Waals surface area contributed by atoms with Gasteiger partial charge in [0.25, 0.3) is 0 Å². The van der Waals surface area contributed by atoms with Gasteiger partial charge in [0.2, 0.25) is 0 Å². The molecule has 218 valence electrons. The second-order valence-electron chi connectivity index (χ2n) is 10.7. The zero-order valence-corrected chi connectivity index (χ0v) is 24.9. The Morgan fingerprint density at radius 3 is 1.77 bits per heavy atom. The summed E-state index contributed by atoms with van der Waals surface area (Å²) in [5, 5.41) is 0. The summed E-state index contributed by atoms with van der Waals surface area (Å²) < 4.78 is 22.2. The van der Waals surface area contributed by atoms with Gasteiger partial charge in [0.1, 0.15) is 6.29 Å². The lowest BCUT2D eigenvalue weighted by Crippen LogP contribution is -2.45. The number of rotatable bonds is 12. The van der Waals surface area contributed by atoms with E-state index in [4.69, 9.17) is 18.9 Å². The van der Waals surface area contributed by atoms with E-state index in [1.54, 1.807) is 32.4 Å². The van der Waals surface area contributed by atoms with E-state index >= 15 is 0 Å². The Balaban J connectivity index is 0.000000241. The summed E-state index contributed by atoms with van der Waals surface area (Å²) in [7, 11) is 3.24. The van der Waals surface area contributed by atoms with Crippen molar-refractivity contribution in [2.45, 2.75) is 53.4 Å². The Labute approximate surface area is 239 Å². The number of hydrogen-bond donors (Lipinski definition) is 0. The number of allylic oxidation sites excluding steroid dienone is 1. The van der Waals surface area contributed by atoms with Gasteiger partial charge in [-0.05, 0) is 66.6 Å². The summed E-state index contributed by atoms with van der Waals surface area (Å²) in [4.78, 5) is 25.4. The number of ether oxygens (including phenoxy) is 4.